The Morgan fingerprint density at radius 2 is 2.11 bits per heavy atom. The fraction of sp³-hybridized carbons (Fsp3) is 0.333. The van der Waals surface area contributed by atoms with Gasteiger partial charge in [-0.1, -0.05) is 24.3 Å². The number of para-hydroxylation sites is 1. The van der Waals surface area contributed by atoms with Crippen LogP contribution in [0.25, 0.3) is 21.8 Å². The van der Waals surface area contributed by atoms with Crippen LogP contribution < -0.4 is 4.74 Å². The van der Waals surface area contributed by atoms with Crippen molar-refractivity contribution in [3.63, 3.8) is 0 Å². The molecule has 0 aliphatic carbocycles. The maximum absolute atomic E-state index is 14.4. The molecule has 2 N–H and O–H groups in total. The second kappa shape index (κ2) is 9.64. The SMILES string of the molecule is COc1ccc(Cc2nc3c(c4c2[nH]c2ccccc24)CCN(C(=O)CN(C)CCO)C3)cc1F. The zero-order valence-electron chi connectivity index (χ0n) is 20.0. The molecule has 7 nitrogen and oxygen atoms in total. The standard InChI is InChI=1S/C27H29FN4O3/c1-31(11-12-33)16-25(34)32-10-9-19-23(15-32)29-22(14-17-7-8-24(35-2)20(28)13-17)27-26(19)18-5-3-4-6-21(18)30-27/h3-8,13,30,33H,9-12,14-16H2,1-2H3. The molecule has 2 aromatic carbocycles. The van der Waals surface area contributed by atoms with E-state index in [1.165, 1.54) is 13.2 Å². The summed E-state index contributed by atoms with van der Waals surface area (Å²) in [6.45, 7) is 1.77. The molecule has 0 saturated carbocycles. The topological polar surface area (TPSA) is 81.7 Å². The summed E-state index contributed by atoms with van der Waals surface area (Å²) in [6, 6.07) is 13.2. The van der Waals surface area contributed by atoms with Crippen molar-refractivity contribution in [2.24, 2.45) is 0 Å². The van der Waals surface area contributed by atoms with Gasteiger partial charge in [-0.2, -0.15) is 0 Å². The average Bonchev–Trinajstić information content (AvgIpc) is 3.24. The van der Waals surface area contributed by atoms with Crippen LogP contribution in [-0.4, -0.2) is 71.2 Å². The predicted molar refractivity (Wildman–Crippen MR) is 133 cm³/mol. The summed E-state index contributed by atoms with van der Waals surface area (Å²) in [5, 5.41) is 11.4. The van der Waals surface area contributed by atoms with E-state index in [9.17, 15) is 9.18 Å². The summed E-state index contributed by atoms with van der Waals surface area (Å²) in [5.74, 6) is -0.172. The molecule has 0 fully saturated rings. The number of likely N-dealkylation sites (N-methyl/N-ethyl adjacent to an activating group) is 1. The summed E-state index contributed by atoms with van der Waals surface area (Å²) in [7, 11) is 3.28. The van der Waals surface area contributed by atoms with Gasteiger partial charge in [0.05, 0.1) is 43.7 Å². The first-order valence-electron chi connectivity index (χ1n) is 11.8. The van der Waals surface area contributed by atoms with Gasteiger partial charge in [0.25, 0.3) is 0 Å². The van der Waals surface area contributed by atoms with Gasteiger partial charge in [-0.25, -0.2) is 4.39 Å². The van der Waals surface area contributed by atoms with Gasteiger partial charge in [0, 0.05) is 35.8 Å². The number of H-pyrrole nitrogens is 1. The molecule has 0 unspecified atom stereocenters. The van der Waals surface area contributed by atoms with Crippen molar-refractivity contribution < 1.29 is 19.0 Å². The van der Waals surface area contributed by atoms with Gasteiger partial charge in [-0.05, 0) is 42.8 Å². The molecule has 1 aliphatic rings. The molecule has 0 bridgehead atoms. The van der Waals surface area contributed by atoms with E-state index in [1.54, 1.807) is 6.07 Å². The lowest BCUT2D eigenvalue weighted by molar-refractivity contribution is -0.133. The summed E-state index contributed by atoms with van der Waals surface area (Å²) in [5.41, 5.74) is 5.66. The van der Waals surface area contributed by atoms with E-state index in [2.05, 4.69) is 11.1 Å². The minimum absolute atomic E-state index is 0.0159. The third-order valence-corrected chi connectivity index (χ3v) is 6.71. The van der Waals surface area contributed by atoms with Crippen molar-refractivity contribution >= 4 is 27.7 Å². The molecule has 4 aromatic rings. The molecular formula is C27H29FN4O3. The van der Waals surface area contributed by atoms with Crippen molar-refractivity contribution in [3.05, 3.63) is 70.8 Å². The molecule has 182 valence electrons. The number of aliphatic hydroxyl groups excluding tert-OH is 1. The monoisotopic (exact) mass is 476 g/mol. The van der Waals surface area contributed by atoms with Crippen LogP contribution in [0.3, 0.4) is 0 Å². The molecule has 0 spiro atoms. The Balaban J connectivity index is 1.55. The Morgan fingerprint density at radius 1 is 1.29 bits per heavy atom. The fourth-order valence-electron chi connectivity index (χ4n) is 4.94. The Kier molecular flexibility index (Phi) is 6.40. The van der Waals surface area contributed by atoms with Gasteiger partial charge in [0.2, 0.25) is 5.91 Å². The molecule has 0 saturated heterocycles. The number of benzene rings is 2. The van der Waals surface area contributed by atoms with E-state index >= 15 is 0 Å². The van der Waals surface area contributed by atoms with Gasteiger partial charge >= 0.3 is 0 Å². The van der Waals surface area contributed by atoms with Crippen LogP contribution >= 0.6 is 0 Å². The maximum Gasteiger partial charge on any atom is 0.237 e. The highest BCUT2D eigenvalue weighted by Crippen LogP contribution is 2.35. The number of aliphatic hydroxyl groups is 1. The Morgan fingerprint density at radius 3 is 2.89 bits per heavy atom. The number of hydrogen-bond donors (Lipinski definition) is 2. The van der Waals surface area contributed by atoms with Crippen molar-refractivity contribution in [1.82, 2.24) is 19.8 Å². The highest BCUT2D eigenvalue weighted by molar-refractivity contribution is 6.10. The number of aromatic nitrogens is 2. The molecule has 5 rings (SSSR count). The number of fused-ring (bicyclic) bond motifs is 5. The first kappa shape index (κ1) is 23.3. The molecule has 8 heteroatoms. The van der Waals surface area contributed by atoms with E-state index in [-0.39, 0.29) is 24.8 Å². The van der Waals surface area contributed by atoms with Crippen LogP contribution in [0.1, 0.15) is 22.5 Å². The van der Waals surface area contributed by atoms with E-state index < -0.39 is 5.82 Å². The first-order valence-corrected chi connectivity index (χ1v) is 11.8. The number of halogens is 1. The lowest BCUT2D eigenvalue weighted by Crippen LogP contribution is -2.42. The van der Waals surface area contributed by atoms with Crippen LogP contribution in [-0.2, 0) is 24.2 Å². The van der Waals surface area contributed by atoms with Crippen molar-refractivity contribution in [3.8, 4) is 5.75 Å². The van der Waals surface area contributed by atoms with E-state index in [1.807, 2.05) is 41.1 Å². The van der Waals surface area contributed by atoms with Crippen LogP contribution in [0, 0.1) is 5.82 Å². The van der Waals surface area contributed by atoms with Gasteiger partial charge < -0.3 is 19.7 Å². The summed E-state index contributed by atoms with van der Waals surface area (Å²) >= 11 is 0. The molecule has 1 amide bonds. The number of rotatable bonds is 7. The summed E-state index contributed by atoms with van der Waals surface area (Å²) in [4.78, 5) is 25.1. The second-order valence-corrected chi connectivity index (χ2v) is 9.08. The summed E-state index contributed by atoms with van der Waals surface area (Å²) < 4.78 is 19.4. The van der Waals surface area contributed by atoms with E-state index in [0.717, 1.165) is 44.3 Å². The molecule has 0 atom stereocenters. The Hall–Kier alpha value is -3.49. The lowest BCUT2D eigenvalue weighted by Gasteiger charge is -2.30. The number of ether oxygens (including phenoxy) is 1. The third kappa shape index (κ3) is 4.47. The van der Waals surface area contributed by atoms with Gasteiger partial charge in [-0.15, -0.1) is 0 Å². The number of nitrogens with zero attached hydrogens (tertiary/aromatic N) is 3. The zero-order valence-corrected chi connectivity index (χ0v) is 20.0. The molecule has 3 heterocycles. The van der Waals surface area contributed by atoms with Crippen LogP contribution in [0.4, 0.5) is 4.39 Å². The number of nitrogens with one attached hydrogen (secondary N) is 1. The first-order chi connectivity index (χ1) is 17.0. The van der Waals surface area contributed by atoms with E-state index in [0.29, 0.717) is 32.5 Å². The molecule has 2 aromatic heterocycles. The van der Waals surface area contributed by atoms with Crippen molar-refractivity contribution in [1.29, 1.82) is 0 Å². The van der Waals surface area contributed by atoms with Crippen LogP contribution in [0.15, 0.2) is 42.5 Å². The number of aromatic amines is 1. The highest BCUT2D eigenvalue weighted by Gasteiger charge is 2.27. The Labute approximate surface area is 203 Å². The zero-order chi connectivity index (χ0) is 24.5. The molecule has 1 aliphatic heterocycles. The number of pyridine rings is 1. The maximum atomic E-state index is 14.4. The quantitative estimate of drug-likeness (QED) is 0.428. The van der Waals surface area contributed by atoms with Crippen molar-refractivity contribution in [2.45, 2.75) is 19.4 Å². The molecule has 0 radical (unpaired) electrons. The lowest BCUT2D eigenvalue weighted by atomic mass is 9.96. The number of hydrogen-bond acceptors (Lipinski definition) is 5. The minimum Gasteiger partial charge on any atom is -0.494 e. The summed E-state index contributed by atoms with van der Waals surface area (Å²) in [6.07, 6.45) is 1.16. The van der Waals surface area contributed by atoms with Gasteiger partial charge in [0.1, 0.15) is 0 Å². The fourth-order valence-corrected chi connectivity index (χ4v) is 4.94. The van der Waals surface area contributed by atoms with Crippen LogP contribution in [0.2, 0.25) is 0 Å². The predicted octanol–water partition coefficient (Wildman–Crippen LogP) is 3.26. The molecular weight excluding hydrogens is 447 g/mol. The number of methoxy groups -OCH3 is 1. The van der Waals surface area contributed by atoms with Gasteiger partial charge in [0.15, 0.2) is 11.6 Å². The highest BCUT2D eigenvalue weighted by atomic mass is 19.1. The normalized spacial score (nSPS) is 13.6. The van der Waals surface area contributed by atoms with E-state index in [4.69, 9.17) is 14.8 Å². The number of amides is 1. The largest absolute Gasteiger partial charge is 0.494 e. The Bertz CT molecular complexity index is 1400. The second-order valence-electron chi connectivity index (χ2n) is 9.08. The number of carbonyl (C=O) groups excluding carboxylic acids is 1. The smallest absolute Gasteiger partial charge is 0.237 e. The van der Waals surface area contributed by atoms with Crippen molar-refractivity contribution in [2.75, 3.05) is 40.4 Å². The van der Waals surface area contributed by atoms with Gasteiger partial charge in [-0.3, -0.25) is 14.7 Å². The third-order valence-electron chi connectivity index (χ3n) is 6.71. The van der Waals surface area contributed by atoms with Crippen LogP contribution in [0.5, 0.6) is 5.75 Å². The molecule has 35 heavy (non-hydrogen) atoms. The minimum atomic E-state index is -0.403. The average molecular weight is 477 g/mol. The number of carbonyl (C=O) groups is 1.